The van der Waals surface area contributed by atoms with Crippen LogP contribution in [0.4, 0.5) is 4.39 Å². The molecule has 76 valence electrons. The number of nitrogens with two attached hydrogens (primary N) is 1. The van der Waals surface area contributed by atoms with Gasteiger partial charge in [-0.05, 0) is 25.1 Å². The van der Waals surface area contributed by atoms with Crippen LogP contribution in [0.2, 0.25) is 5.02 Å². The van der Waals surface area contributed by atoms with Crippen LogP contribution in [-0.4, -0.2) is 12.4 Å². The molecule has 0 bridgehead atoms. The van der Waals surface area contributed by atoms with Crippen molar-refractivity contribution < 1.29 is 4.39 Å². The second-order valence-corrected chi connectivity index (χ2v) is 3.00. The predicted octanol–water partition coefficient (Wildman–Crippen LogP) is 1.71. The molecular formula is C9H11ClFN3. The van der Waals surface area contributed by atoms with Crippen molar-refractivity contribution in [3.8, 4) is 0 Å². The lowest BCUT2D eigenvalue weighted by atomic mass is 10.2. The van der Waals surface area contributed by atoms with Crippen molar-refractivity contribution in [1.82, 2.24) is 5.43 Å². The molecule has 3 N–H and O–H groups in total. The summed E-state index contributed by atoms with van der Waals surface area (Å²) in [4.78, 5) is 4.08. The predicted molar refractivity (Wildman–Crippen MR) is 55.8 cm³/mol. The van der Waals surface area contributed by atoms with Gasteiger partial charge in [0.25, 0.3) is 0 Å². The molecule has 1 aromatic carbocycles. The van der Waals surface area contributed by atoms with Crippen LogP contribution < -0.4 is 11.3 Å². The summed E-state index contributed by atoms with van der Waals surface area (Å²) in [6.45, 7) is 2.45. The molecule has 0 unspecified atom stereocenters. The molecular weight excluding hydrogens is 205 g/mol. The maximum atomic E-state index is 12.7. The highest BCUT2D eigenvalue weighted by atomic mass is 35.5. The van der Waals surface area contributed by atoms with Crippen LogP contribution in [0, 0.1) is 5.82 Å². The molecule has 0 saturated heterocycles. The third kappa shape index (κ3) is 2.43. The number of hydrazine groups is 1. The zero-order valence-corrected chi connectivity index (χ0v) is 8.48. The summed E-state index contributed by atoms with van der Waals surface area (Å²) in [5, 5.41) is 0.287. The van der Waals surface area contributed by atoms with Crippen molar-refractivity contribution in [3.05, 3.63) is 34.6 Å². The van der Waals surface area contributed by atoms with Crippen LogP contribution >= 0.6 is 11.6 Å². The maximum Gasteiger partial charge on any atom is 0.144 e. The summed E-state index contributed by atoms with van der Waals surface area (Å²) in [6, 6.07) is 4.06. The molecule has 0 saturated carbocycles. The van der Waals surface area contributed by atoms with Crippen LogP contribution in [0.3, 0.4) is 0 Å². The Hall–Kier alpha value is -1.13. The van der Waals surface area contributed by atoms with E-state index in [2.05, 4.69) is 10.4 Å². The average molecular weight is 216 g/mol. The van der Waals surface area contributed by atoms with Gasteiger partial charge in [0.2, 0.25) is 0 Å². The van der Waals surface area contributed by atoms with E-state index < -0.39 is 0 Å². The molecule has 0 spiro atoms. The Morgan fingerprint density at radius 3 is 2.86 bits per heavy atom. The Morgan fingerprint density at radius 1 is 1.64 bits per heavy atom. The minimum absolute atomic E-state index is 0.287. The van der Waals surface area contributed by atoms with E-state index in [1.165, 1.54) is 18.2 Å². The fraction of sp³-hybridized carbons (Fsp3) is 0.222. The second-order valence-electron chi connectivity index (χ2n) is 2.59. The van der Waals surface area contributed by atoms with Gasteiger partial charge in [-0.2, -0.15) is 0 Å². The Balaban J connectivity index is 3.11. The quantitative estimate of drug-likeness (QED) is 0.342. The molecule has 0 heterocycles. The number of benzene rings is 1. The molecule has 1 rings (SSSR count). The highest BCUT2D eigenvalue weighted by Gasteiger charge is 2.07. The molecule has 0 aliphatic carbocycles. The number of halogens is 2. The second kappa shape index (κ2) is 4.93. The molecule has 0 aromatic heterocycles. The van der Waals surface area contributed by atoms with Crippen molar-refractivity contribution in [1.29, 1.82) is 0 Å². The minimum atomic E-state index is -0.383. The third-order valence-corrected chi connectivity index (χ3v) is 1.95. The number of rotatable bonds is 2. The Labute approximate surface area is 86.8 Å². The topological polar surface area (TPSA) is 50.4 Å². The van der Waals surface area contributed by atoms with Crippen molar-refractivity contribution in [2.75, 3.05) is 6.54 Å². The van der Waals surface area contributed by atoms with Gasteiger partial charge >= 0.3 is 0 Å². The summed E-state index contributed by atoms with van der Waals surface area (Å²) < 4.78 is 12.7. The highest BCUT2D eigenvalue weighted by Crippen LogP contribution is 2.17. The van der Waals surface area contributed by atoms with Gasteiger partial charge < -0.3 is 5.43 Å². The van der Waals surface area contributed by atoms with E-state index in [1.54, 1.807) is 0 Å². The number of aliphatic imine (C=N–C) groups is 1. The molecule has 0 aliphatic rings. The maximum absolute atomic E-state index is 12.7. The van der Waals surface area contributed by atoms with E-state index >= 15 is 0 Å². The standard InChI is InChI=1S/C9H11ClFN3/c1-2-13-9(14-12)7-4-3-6(11)5-8(7)10/h3-5H,2,12H2,1H3,(H,13,14). The summed E-state index contributed by atoms with van der Waals surface area (Å²) in [5.41, 5.74) is 3.02. The van der Waals surface area contributed by atoms with Crippen LogP contribution in [0.1, 0.15) is 12.5 Å². The SMILES string of the molecule is CCN=C(NN)c1ccc(F)cc1Cl. The van der Waals surface area contributed by atoms with Gasteiger partial charge in [0.1, 0.15) is 11.7 Å². The van der Waals surface area contributed by atoms with Gasteiger partial charge in [0.05, 0.1) is 5.02 Å². The molecule has 1 aromatic rings. The number of nitrogens with one attached hydrogen (secondary N) is 1. The van der Waals surface area contributed by atoms with E-state index in [4.69, 9.17) is 17.4 Å². The highest BCUT2D eigenvalue weighted by molar-refractivity contribution is 6.34. The first-order chi connectivity index (χ1) is 6.69. The van der Waals surface area contributed by atoms with Gasteiger partial charge in [0, 0.05) is 12.1 Å². The Kier molecular flexibility index (Phi) is 3.85. The molecule has 0 fully saturated rings. The lowest BCUT2D eigenvalue weighted by molar-refractivity contribution is 0.628. The van der Waals surface area contributed by atoms with Gasteiger partial charge in [0.15, 0.2) is 0 Å². The molecule has 5 heteroatoms. The molecule has 3 nitrogen and oxygen atoms in total. The Morgan fingerprint density at radius 2 is 2.36 bits per heavy atom. The van der Waals surface area contributed by atoms with E-state index in [-0.39, 0.29) is 10.8 Å². The first-order valence-corrected chi connectivity index (χ1v) is 4.53. The zero-order valence-electron chi connectivity index (χ0n) is 7.72. The molecule has 0 radical (unpaired) electrons. The molecule has 0 amide bonds. The fourth-order valence-corrected chi connectivity index (χ4v) is 1.30. The van der Waals surface area contributed by atoms with E-state index in [0.717, 1.165) is 0 Å². The normalized spacial score (nSPS) is 11.6. The van der Waals surface area contributed by atoms with Gasteiger partial charge in [-0.25, -0.2) is 10.2 Å². The van der Waals surface area contributed by atoms with E-state index in [0.29, 0.717) is 17.9 Å². The van der Waals surface area contributed by atoms with Crippen molar-refractivity contribution >= 4 is 17.4 Å². The lowest BCUT2D eigenvalue weighted by Crippen LogP contribution is -2.31. The van der Waals surface area contributed by atoms with Gasteiger partial charge in [-0.1, -0.05) is 11.6 Å². The first kappa shape index (κ1) is 10.9. The molecule has 0 aliphatic heterocycles. The summed E-state index contributed by atoms with van der Waals surface area (Å²) in [5.74, 6) is 5.34. The largest absolute Gasteiger partial charge is 0.308 e. The average Bonchev–Trinajstić information content (AvgIpc) is 2.15. The number of amidine groups is 1. The van der Waals surface area contributed by atoms with E-state index in [9.17, 15) is 4.39 Å². The van der Waals surface area contributed by atoms with Crippen LogP contribution in [0.5, 0.6) is 0 Å². The molecule has 14 heavy (non-hydrogen) atoms. The van der Waals surface area contributed by atoms with Crippen LogP contribution in [0.15, 0.2) is 23.2 Å². The van der Waals surface area contributed by atoms with Crippen molar-refractivity contribution in [3.63, 3.8) is 0 Å². The zero-order chi connectivity index (χ0) is 10.6. The van der Waals surface area contributed by atoms with Crippen LogP contribution in [0.25, 0.3) is 0 Å². The third-order valence-electron chi connectivity index (χ3n) is 1.64. The number of hydrogen-bond donors (Lipinski definition) is 2. The number of hydrogen-bond acceptors (Lipinski definition) is 2. The smallest absolute Gasteiger partial charge is 0.144 e. The summed E-state index contributed by atoms with van der Waals surface area (Å²) in [6.07, 6.45) is 0. The van der Waals surface area contributed by atoms with Crippen molar-refractivity contribution in [2.24, 2.45) is 10.8 Å². The first-order valence-electron chi connectivity index (χ1n) is 4.15. The monoisotopic (exact) mass is 215 g/mol. The Bertz CT molecular complexity index is 352. The lowest BCUT2D eigenvalue weighted by Gasteiger charge is -2.07. The fourth-order valence-electron chi connectivity index (χ4n) is 1.05. The van der Waals surface area contributed by atoms with Gasteiger partial charge in [-0.3, -0.25) is 4.99 Å². The minimum Gasteiger partial charge on any atom is -0.308 e. The van der Waals surface area contributed by atoms with Crippen molar-refractivity contribution in [2.45, 2.75) is 6.92 Å². The summed E-state index contributed by atoms with van der Waals surface area (Å²) in [7, 11) is 0. The van der Waals surface area contributed by atoms with Crippen LogP contribution in [-0.2, 0) is 0 Å². The van der Waals surface area contributed by atoms with E-state index in [1.807, 2.05) is 6.92 Å². The number of nitrogens with zero attached hydrogens (tertiary/aromatic N) is 1. The van der Waals surface area contributed by atoms with Gasteiger partial charge in [-0.15, -0.1) is 0 Å². The summed E-state index contributed by atoms with van der Waals surface area (Å²) >= 11 is 5.82. The molecule has 0 atom stereocenters.